The number of nitrogens with zero attached hydrogens (tertiary/aromatic N) is 1. The van der Waals surface area contributed by atoms with Gasteiger partial charge in [-0.05, 0) is 24.5 Å². The molecule has 0 bridgehead atoms. The molecule has 0 radical (unpaired) electrons. The standard InChI is InChI=1S/C23H30N2O4S/c1-19(20-9-4-2-5-10-20)29-16-8-13-24-23(26)22(21-11-6-3-7-12-21)25-14-17-30(27,28)18-15-25/h2-7,9-12,19,22H,8,13-18H2,1H3,(H,24,26). The molecule has 1 saturated heterocycles. The molecule has 1 heterocycles. The SMILES string of the molecule is CC(OCCCNC(=O)C(c1ccccc1)N1CCS(=O)(=O)CC1)c1ccccc1. The van der Waals surface area contributed by atoms with Gasteiger partial charge in [-0.2, -0.15) is 0 Å². The molecule has 0 aromatic heterocycles. The summed E-state index contributed by atoms with van der Waals surface area (Å²) in [6.45, 7) is 3.81. The van der Waals surface area contributed by atoms with Gasteiger partial charge in [0.15, 0.2) is 9.84 Å². The fraction of sp³-hybridized carbons (Fsp3) is 0.435. The first-order valence-electron chi connectivity index (χ1n) is 10.4. The Morgan fingerprint density at radius 1 is 1.00 bits per heavy atom. The molecule has 30 heavy (non-hydrogen) atoms. The zero-order valence-corrected chi connectivity index (χ0v) is 18.2. The molecular weight excluding hydrogens is 400 g/mol. The first-order valence-corrected chi connectivity index (χ1v) is 12.2. The van der Waals surface area contributed by atoms with Gasteiger partial charge in [0, 0.05) is 26.2 Å². The molecule has 2 aromatic carbocycles. The van der Waals surface area contributed by atoms with E-state index in [0.29, 0.717) is 32.7 Å². The van der Waals surface area contributed by atoms with Crippen molar-refractivity contribution < 1.29 is 17.9 Å². The second kappa shape index (κ2) is 10.7. The number of hydrogen-bond acceptors (Lipinski definition) is 5. The van der Waals surface area contributed by atoms with Gasteiger partial charge >= 0.3 is 0 Å². The van der Waals surface area contributed by atoms with Gasteiger partial charge in [-0.3, -0.25) is 9.69 Å². The highest BCUT2D eigenvalue weighted by molar-refractivity contribution is 7.91. The molecule has 0 spiro atoms. The molecule has 162 valence electrons. The molecule has 7 heteroatoms. The largest absolute Gasteiger partial charge is 0.374 e. The third-order valence-corrected chi connectivity index (χ3v) is 6.97. The van der Waals surface area contributed by atoms with Crippen LogP contribution in [0.25, 0.3) is 0 Å². The topological polar surface area (TPSA) is 75.7 Å². The van der Waals surface area contributed by atoms with Gasteiger partial charge in [-0.1, -0.05) is 60.7 Å². The molecule has 2 unspecified atom stereocenters. The number of hydrogen-bond donors (Lipinski definition) is 1. The number of benzene rings is 2. The van der Waals surface area contributed by atoms with Gasteiger partial charge in [-0.15, -0.1) is 0 Å². The van der Waals surface area contributed by atoms with Crippen LogP contribution < -0.4 is 5.32 Å². The van der Waals surface area contributed by atoms with Crippen LogP contribution in [0.2, 0.25) is 0 Å². The fourth-order valence-corrected chi connectivity index (χ4v) is 4.84. The lowest BCUT2D eigenvalue weighted by Gasteiger charge is -2.33. The fourth-order valence-electron chi connectivity index (χ4n) is 3.61. The van der Waals surface area contributed by atoms with Crippen LogP contribution in [0.4, 0.5) is 0 Å². The average Bonchev–Trinajstić information content (AvgIpc) is 2.76. The van der Waals surface area contributed by atoms with Gasteiger partial charge in [-0.25, -0.2) is 8.42 Å². The summed E-state index contributed by atoms with van der Waals surface area (Å²) in [4.78, 5) is 14.9. The molecule has 6 nitrogen and oxygen atoms in total. The van der Waals surface area contributed by atoms with Gasteiger partial charge in [0.25, 0.3) is 0 Å². The Bertz CT molecular complexity index is 889. The second-order valence-corrected chi connectivity index (χ2v) is 9.87. The van der Waals surface area contributed by atoms with Crippen molar-refractivity contribution in [3.63, 3.8) is 0 Å². The van der Waals surface area contributed by atoms with Gasteiger partial charge in [0.05, 0.1) is 17.6 Å². The molecular formula is C23H30N2O4S. The van der Waals surface area contributed by atoms with Crippen LogP contribution in [0.5, 0.6) is 0 Å². The van der Waals surface area contributed by atoms with Crippen molar-refractivity contribution in [1.29, 1.82) is 0 Å². The van der Waals surface area contributed by atoms with Crippen molar-refractivity contribution in [2.45, 2.75) is 25.5 Å². The van der Waals surface area contributed by atoms with Crippen molar-refractivity contribution in [1.82, 2.24) is 10.2 Å². The third-order valence-electron chi connectivity index (χ3n) is 5.37. The number of amides is 1. The minimum absolute atomic E-state index is 0.00858. The predicted molar refractivity (Wildman–Crippen MR) is 118 cm³/mol. The van der Waals surface area contributed by atoms with Crippen LogP contribution in [-0.2, 0) is 19.4 Å². The summed E-state index contributed by atoms with van der Waals surface area (Å²) in [6, 6.07) is 19.1. The number of sulfone groups is 1. The van der Waals surface area contributed by atoms with E-state index in [9.17, 15) is 13.2 Å². The van der Waals surface area contributed by atoms with Crippen molar-refractivity contribution in [2.24, 2.45) is 0 Å². The summed E-state index contributed by atoms with van der Waals surface area (Å²) in [6.07, 6.45) is 0.716. The number of carbonyl (C=O) groups is 1. The molecule has 1 aliphatic rings. The lowest BCUT2D eigenvalue weighted by atomic mass is 10.0. The maximum atomic E-state index is 13.0. The Labute approximate surface area is 179 Å². The molecule has 2 atom stereocenters. The van der Waals surface area contributed by atoms with E-state index in [1.54, 1.807) is 0 Å². The predicted octanol–water partition coefficient (Wildman–Crippen LogP) is 2.74. The first kappa shape index (κ1) is 22.5. The number of rotatable bonds is 9. The van der Waals surface area contributed by atoms with Crippen molar-refractivity contribution in [2.75, 3.05) is 37.7 Å². The monoisotopic (exact) mass is 430 g/mol. The molecule has 1 N–H and O–H groups in total. The van der Waals surface area contributed by atoms with E-state index in [-0.39, 0.29) is 23.5 Å². The third kappa shape index (κ3) is 6.39. The van der Waals surface area contributed by atoms with E-state index in [0.717, 1.165) is 11.1 Å². The minimum Gasteiger partial charge on any atom is -0.374 e. The van der Waals surface area contributed by atoms with Gasteiger partial charge < -0.3 is 10.1 Å². The Morgan fingerprint density at radius 2 is 1.57 bits per heavy atom. The number of nitrogens with one attached hydrogen (secondary N) is 1. The normalized spacial score (nSPS) is 18.4. The van der Waals surface area contributed by atoms with E-state index in [4.69, 9.17) is 4.74 Å². The first-order chi connectivity index (χ1) is 14.5. The lowest BCUT2D eigenvalue weighted by Crippen LogP contribution is -2.47. The summed E-state index contributed by atoms with van der Waals surface area (Å²) in [5.74, 6) is 0.0838. The van der Waals surface area contributed by atoms with E-state index in [2.05, 4.69) is 5.32 Å². The van der Waals surface area contributed by atoms with E-state index < -0.39 is 15.9 Å². The van der Waals surface area contributed by atoms with Crippen LogP contribution in [0.15, 0.2) is 60.7 Å². The molecule has 0 saturated carbocycles. The highest BCUT2D eigenvalue weighted by Crippen LogP contribution is 2.23. The summed E-state index contributed by atoms with van der Waals surface area (Å²) in [5.41, 5.74) is 2.01. The van der Waals surface area contributed by atoms with E-state index >= 15 is 0 Å². The van der Waals surface area contributed by atoms with E-state index in [1.807, 2.05) is 72.5 Å². The molecule has 1 amide bonds. The summed E-state index contributed by atoms with van der Waals surface area (Å²) in [7, 11) is -3.00. The molecule has 3 rings (SSSR count). The molecule has 2 aromatic rings. The Kier molecular flexibility index (Phi) is 8.01. The maximum Gasteiger partial charge on any atom is 0.241 e. The highest BCUT2D eigenvalue weighted by atomic mass is 32.2. The Morgan fingerprint density at radius 3 is 2.17 bits per heavy atom. The number of carbonyl (C=O) groups excluding carboxylic acids is 1. The molecule has 1 fully saturated rings. The van der Waals surface area contributed by atoms with E-state index in [1.165, 1.54) is 0 Å². The number of ether oxygens (including phenoxy) is 1. The maximum absolute atomic E-state index is 13.0. The smallest absolute Gasteiger partial charge is 0.241 e. The Hall–Kier alpha value is -2.22. The van der Waals surface area contributed by atoms with Gasteiger partial charge in [0.2, 0.25) is 5.91 Å². The van der Waals surface area contributed by atoms with Crippen LogP contribution in [0, 0.1) is 0 Å². The van der Waals surface area contributed by atoms with Crippen molar-refractivity contribution in [3.05, 3.63) is 71.8 Å². The Balaban J connectivity index is 1.51. The lowest BCUT2D eigenvalue weighted by molar-refractivity contribution is -0.126. The van der Waals surface area contributed by atoms with Gasteiger partial charge in [0.1, 0.15) is 6.04 Å². The summed E-state index contributed by atoms with van der Waals surface area (Å²) in [5, 5.41) is 3.00. The van der Waals surface area contributed by atoms with Crippen LogP contribution in [-0.4, -0.2) is 57.0 Å². The minimum atomic E-state index is -3.00. The zero-order chi connectivity index (χ0) is 21.4. The second-order valence-electron chi connectivity index (χ2n) is 7.57. The average molecular weight is 431 g/mol. The molecule has 0 aliphatic carbocycles. The quantitative estimate of drug-likeness (QED) is 0.619. The highest BCUT2D eigenvalue weighted by Gasteiger charge is 2.32. The summed E-state index contributed by atoms with van der Waals surface area (Å²) < 4.78 is 29.4. The molecule has 1 aliphatic heterocycles. The summed E-state index contributed by atoms with van der Waals surface area (Å²) >= 11 is 0. The van der Waals surface area contributed by atoms with Crippen LogP contribution in [0.3, 0.4) is 0 Å². The van der Waals surface area contributed by atoms with Crippen molar-refractivity contribution in [3.8, 4) is 0 Å². The van der Waals surface area contributed by atoms with Crippen molar-refractivity contribution >= 4 is 15.7 Å². The van der Waals surface area contributed by atoms with Crippen LogP contribution >= 0.6 is 0 Å². The van der Waals surface area contributed by atoms with Crippen LogP contribution in [0.1, 0.15) is 36.6 Å². The zero-order valence-electron chi connectivity index (χ0n) is 17.4.